The number of amides is 2. The van der Waals surface area contributed by atoms with Crippen LogP contribution in [0.5, 0.6) is 0 Å². The highest BCUT2D eigenvalue weighted by Gasteiger charge is 2.39. The molecule has 1 N–H and O–H groups in total. The molecule has 3 aromatic rings. The Hall–Kier alpha value is -3.37. The molecule has 0 radical (unpaired) electrons. The van der Waals surface area contributed by atoms with Crippen LogP contribution in [0.25, 0.3) is 5.57 Å². The SMILES string of the molecule is Cc1ccc(C2=C(Nc3cc(C)ccc3C)C(=O)N(Cc3ccc(Cl)cc3)C2=O)cc1. The zero-order chi connectivity index (χ0) is 22.1. The number of hydrogen-bond donors (Lipinski definition) is 1. The van der Waals surface area contributed by atoms with Gasteiger partial charge in [0.1, 0.15) is 5.70 Å². The standard InChI is InChI=1S/C26H23ClN2O2/c1-16-5-10-20(11-6-16)23-24(28-22-14-17(2)4-7-18(22)3)26(31)29(25(23)30)15-19-8-12-21(27)13-9-19/h4-14,28H,15H2,1-3H3. The van der Waals surface area contributed by atoms with Gasteiger partial charge in [0, 0.05) is 10.7 Å². The van der Waals surface area contributed by atoms with Crippen molar-refractivity contribution in [3.8, 4) is 0 Å². The minimum absolute atomic E-state index is 0.183. The van der Waals surface area contributed by atoms with Crippen LogP contribution < -0.4 is 5.32 Å². The molecule has 3 aromatic carbocycles. The molecule has 0 fully saturated rings. The number of carbonyl (C=O) groups excluding carboxylic acids is 2. The number of anilines is 1. The van der Waals surface area contributed by atoms with E-state index in [1.165, 1.54) is 4.90 Å². The number of nitrogens with zero attached hydrogens (tertiary/aromatic N) is 1. The predicted molar refractivity (Wildman–Crippen MR) is 125 cm³/mol. The fourth-order valence-electron chi connectivity index (χ4n) is 3.60. The van der Waals surface area contributed by atoms with Crippen molar-refractivity contribution in [1.82, 2.24) is 4.90 Å². The van der Waals surface area contributed by atoms with Crippen molar-refractivity contribution < 1.29 is 9.59 Å². The summed E-state index contributed by atoms with van der Waals surface area (Å²) in [6, 6.07) is 20.8. The van der Waals surface area contributed by atoms with Gasteiger partial charge in [-0.05, 0) is 61.2 Å². The van der Waals surface area contributed by atoms with Crippen molar-refractivity contribution in [1.29, 1.82) is 0 Å². The average Bonchev–Trinajstić information content (AvgIpc) is 2.97. The van der Waals surface area contributed by atoms with E-state index >= 15 is 0 Å². The number of imide groups is 1. The van der Waals surface area contributed by atoms with Crippen molar-refractivity contribution in [3.63, 3.8) is 0 Å². The number of hydrogen-bond acceptors (Lipinski definition) is 3. The molecular formula is C26H23ClN2O2. The Labute approximate surface area is 187 Å². The van der Waals surface area contributed by atoms with Crippen molar-refractivity contribution in [2.75, 3.05) is 5.32 Å². The molecule has 31 heavy (non-hydrogen) atoms. The molecule has 0 saturated carbocycles. The Balaban J connectivity index is 1.76. The molecule has 0 aliphatic carbocycles. The Morgan fingerprint density at radius 1 is 0.806 bits per heavy atom. The molecule has 0 spiro atoms. The first-order valence-corrected chi connectivity index (χ1v) is 10.5. The maximum Gasteiger partial charge on any atom is 0.278 e. The summed E-state index contributed by atoms with van der Waals surface area (Å²) in [7, 11) is 0. The Morgan fingerprint density at radius 3 is 2.13 bits per heavy atom. The Morgan fingerprint density at radius 2 is 1.45 bits per heavy atom. The zero-order valence-electron chi connectivity index (χ0n) is 17.7. The number of rotatable bonds is 5. The second-order valence-corrected chi connectivity index (χ2v) is 8.32. The van der Waals surface area contributed by atoms with Crippen LogP contribution in [-0.4, -0.2) is 16.7 Å². The van der Waals surface area contributed by atoms with Crippen LogP contribution in [0.15, 0.2) is 72.4 Å². The second-order valence-electron chi connectivity index (χ2n) is 7.88. The van der Waals surface area contributed by atoms with E-state index in [1.807, 2.05) is 75.4 Å². The van der Waals surface area contributed by atoms with Crippen LogP contribution in [-0.2, 0) is 16.1 Å². The van der Waals surface area contributed by atoms with Gasteiger partial charge >= 0.3 is 0 Å². The van der Waals surface area contributed by atoms with Crippen LogP contribution >= 0.6 is 11.6 Å². The summed E-state index contributed by atoms with van der Waals surface area (Å²) in [5.74, 6) is -0.645. The summed E-state index contributed by atoms with van der Waals surface area (Å²) in [5.41, 5.74) is 6.21. The van der Waals surface area contributed by atoms with Crippen LogP contribution in [0.2, 0.25) is 5.02 Å². The predicted octanol–water partition coefficient (Wildman–Crippen LogP) is 5.66. The molecule has 4 nitrogen and oxygen atoms in total. The van der Waals surface area contributed by atoms with E-state index in [0.29, 0.717) is 16.3 Å². The van der Waals surface area contributed by atoms with Crippen molar-refractivity contribution in [3.05, 3.63) is 105 Å². The van der Waals surface area contributed by atoms with E-state index in [9.17, 15) is 9.59 Å². The molecule has 0 aromatic heterocycles. The lowest BCUT2D eigenvalue weighted by molar-refractivity contribution is -0.137. The second kappa shape index (κ2) is 8.40. The Kier molecular flexibility index (Phi) is 5.66. The van der Waals surface area contributed by atoms with Gasteiger partial charge in [-0.3, -0.25) is 14.5 Å². The van der Waals surface area contributed by atoms with E-state index in [1.54, 1.807) is 12.1 Å². The molecule has 1 heterocycles. The average molecular weight is 431 g/mol. The fourth-order valence-corrected chi connectivity index (χ4v) is 3.73. The van der Waals surface area contributed by atoms with Gasteiger partial charge in [0.25, 0.3) is 11.8 Å². The summed E-state index contributed by atoms with van der Waals surface area (Å²) < 4.78 is 0. The molecular weight excluding hydrogens is 408 g/mol. The van der Waals surface area contributed by atoms with E-state index in [0.717, 1.165) is 33.5 Å². The molecule has 4 rings (SSSR count). The molecule has 2 amide bonds. The number of nitrogens with one attached hydrogen (secondary N) is 1. The van der Waals surface area contributed by atoms with Crippen LogP contribution in [0.4, 0.5) is 5.69 Å². The van der Waals surface area contributed by atoms with Gasteiger partial charge in [-0.1, -0.05) is 65.7 Å². The number of carbonyl (C=O) groups is 2. The number of benzene rings is 3. The normalized spacial score (nSPS) is 13.9. The molecule has 0 atom stereocenters. The zero-order valence-corrected chi connectivity index (χ0v) is 18.5. The monoisotopic (exact) mass is 430 g/mol. The third-order valence-corrected chi connectivity index (χ3v) is 5.67. The minimum atomic E-state index is -0.337. The first-order valence-electron chi connectivity index (χ1n) is 10.1. The summed E-state index contributed by atoms with van der Waals surface area (Å²) in [6.45, 7) is 6.14. The number of aryl methyl sites for hydroxylation is 3. The molecule has 0 saturated heterocycles. The van der Waals surface area contributed by atoms with Gasteiger partial charge in [0.2, 0.25) is 0 Å². The molecule has 1 aliphatic heterocycles. The quantitative estimate of drug-likeness (QED) is 0.531. The largest absolute Gasteiger partial charge is 0.350 e. The first-order chi connectivity index (χ1) is 14.8. The summed E-state index contributed by atoms with van der Waals surface area (Å²) >= 11 is 5.98. The molecule has 0 unspecified atom stereocenters. The van der Waals surface area contributed by atoms with Crippen LogP contribution in [0.3, 0.4) is 0 Å². The highest BCUT2D eigenvalue weighted by molar-refractivity contribution is 6.36. The summed E-state index contributed by atoms with van der Waals surface area (Å²) in [6.07, 6.45) is 0. The Bertz CT molecular complexity index is 1200. The molecule has 1 aliphatic rings. The minimum Gasteiger partial charge on any atom is -0.350 e. The third-order valence-electron chi connectivity index (χ3n) is 5.41. The first kappa shape index (κ1) is 20.9. The van der Waals surface area contributed by atoms with E-state index < -0.39 is 0 Å². The van der Waals surface area contributed by atoms with Crippen LogP contribution in [0.1, 0.15) is 27.8 Å². The lowest BCUT2D eigenvalue weighted by Gasteiger charge is -2.16. The van der Waals surface area contributed by atoms with Gasteiger partial charge in [-0.25, -0.2) is 0 Å². The smallest absolute Gasteiger partial charge is 0.278 e. The van der Waals surface area contributed by atoms with E-state index in [2.05, 4.69) is 5.32 Å². The lowest BCUT2D eigenvalue weighted by atomic mass is 10.0. The van der Waals surface area contributed by atoms with Crippen LogP contribution in [0, 0.1) is 20.8 Å². The molecule has 5 heteroatoms. The third kappa shape index (κ3) is 4.25. The highest BCUT2D eigenvalue weighted by Crippen LogP contribution is 2.32. The number of halogens is 1. The van der Waals surface area contributed by atoms with Crippen molar-refractivity contribution in [2.24, 2.45) is 0 Å². The topological polar surface area (TPSA) is 49.4 Å². The molecule has 0 bridgehead atoms. The van der Waals surface area contributed by atoms with Gasteiger partial charge in [0.05, 0.1) is 12.1 Å². The van der Waals surface area contributed by atoms with Gasteiger partial charge in [-0.15, -0.1) is 0 Å². The lowest BCUT2D eigenvalue weighted by Crippen LogP contribution is -2.32. The van der Waals surface area contributed by atoms with Crippen molar-refractivity contribution in [2.45, 2.75) is 27.3 Å². The van der Waals surface area contributed by atoms with Gasteiger partial charge in [-0.2, -0.15) is 0 Å². The van der Waals surface area contributed by atoms with Gasteiger partial charge in [0.15, 0.2) is 0 Å². The highest BCUT2D eigenvalue weighted by atomic mass is 35.5. The summed E-state index contributed by atoms with van der Waals surface area (Å²) in [5, 5.41) is 3.87. The fraction of sp³-hybridized carbons (Fsp3) is 0.154. The van der Waals surface area contributed by atoms with E-state index in [-0.39, 0.29) is 18.4 Å². The molecule has 156 valence electrons. The van der Waals surface area contributed by atoms with Crippen molar-refractivity contribution >= 4 is 34.7 Å². The van der Waals surface area contributed by atoms with E-state index in [4.69, 9.17) is 11.6 Å². The van der Waals surface area contributed by atoms with Gasteiger partial charge < -0.3 is 5.32 Å². The maximum absolute atomic E-state index is 13.4. The summed E-state index contributed by atoms with van der Waals surface area (Å²) in [4.78, 5) is 28.1. The maximum atomic E-state index is 13.4.